The maximum absolute atomic E-state index is 9.98. The van der Waals surface area contributed by atoms with Gasteiger partial charge < -0.3 is 19.9 Å². The molecule has 0 spiro atoms. The summed E-state index contributed by atoms with van der Waals surface area (Å²) in [6.07, 6.45) is 2.29. The molecule has 86 valence electrons. The van der Waals surface area contributed by atoms with E-state index in [0.717, 1.165) is 16.5 Å². The number of phenolic OH excluding ortho intramolecular Hbond substituents is 1. The molecule has 0 aliphatic heterocycles. The number of aliphatic hydroxyl groups is 2. The molecular weight excluding hydrogens is 206 g/mol. The van der Waals surface area contributed by atoms with Crippen LogP contribution in [0, 0.1) is 0 Å². The lowest BCUT2D eigenvalue weighted by Gasteiger charge is -2.06. The number of rotatable bonds is 4. The zero-order valence-electron chi connectivity index (χ0n) is 8.93. The summed E-state index contributed by atoms with van der Waals surface area (Å²) in [6, 6.07) is 5.53. The predicted molar refractivity (Wildman–Crippen MR) is 61.5 cm³/mol. The summed E-state index contributed by atoms with van der Waals surface area (Å²) >= 11 is 0. The Morgan fingerprint density at radius 3 is 2.56 bits per heavy atom. The lowest BCUT2D eigenvalue weighted by molar-refractivity contribution is 0.278. The Kier molecular flexibility index (Phi) is 3.12. The molecule has 4 nitrogen and oxygen atoms in total. The second-order valence-corrected chi connectivity index (χ2v) is 3.71. The van der Waals surface area contributed by atoms with Gasteiger partial charge in [-0.2, -0.15) is 0 Å². The standard InChI is InChI=1S/C12H15NO3/c14-7-4-9-1-2-11-10(12(9)16)3-5-13(11)6-8-15/h1-3,5,14-16H,4,6-8H2. The van der Waals surface area contributed by atoms with E-state index in [1.165, 1.54) is 0 Å². The van der Waals surface area contributed by atoms with Crippen LogP contribution in [0.3, 0.4) is 0 Å². The molecule has 1 aromatic carbocycles. The Bertz CT molecular complexity index is 490. The Morgan fingerprint density at radius 1 is 1.06 bits per heavy atom. The van der Waals surface area contributed by atoms with E-state index in [1.54, 1.807) is 0 Å². The first-order chi connectivity index (χ1) is 7.77. The summed E-state index contributed by atoms with van der Waals surface area (Å²) in [4.78, 5) is 0. The predicted octanol–water partition coefficient (Wildman–Crippen LogP) is 0.874. The van der Waals surface area contributed by atoms with Crippen LogP contribution in [0.4, 0.5) is 0 Å². The molecule has 4 heteroatoms. The van der Waals surface area contributed by atoms with Gasteiger partial charge in [-0.1, -0.05) is 6.07 Å². The second-order valence-electron chi connectivity index (χ2n) is 3.71. The van der Waals surface area contributed by atoms with Gasteiger partial charge in [-0.25, -0.2) is 0 Å². The van der Waals surface area contributed by atoms with E-state index in [4.69, 9.17) is 10.2 Å². The molecular formula is C12H15NO3. The van der Waals surface area contributed by atoms with Crippen LogP contribution in [0.15, 0.2) is 24.4 Å². The average Bonchev–Trinajstić information content (AvgIpc) is 2.67. The first-order valence-electron chi connectivity index (χ1n) is 5.29. The number of fused-ring (bicyclic) bond motifs is 1. The third-order valence-electron chi connectivity index (χ3n) is 2.73. The highest BCUT2D eigenvalue weighted by molar-refractivity contribution is 5.87. The van der Waals surface area contributed by atoms with Gasteiger partial charge in [0.1, 0.15) is 5.75 Å². The van der Waals surface area contributed by atoms with Crippen molar-refractivity contribution in [3.8, 4) is 5.75 Å². The summed E-state index contributed by atoms with van der Waals surface area (Å²) in [5.74, 6) is 0.225. The van der Waals surface area contributed by atoms with E-state index in [0.29, 0.717) is 13.0 Å². The maximum atomic E-state index is 9.98. The van der Waals surface area contributed by atoms with Crippen LogP contribution in [-0.4, -0.2) is 33.1 Å². The summed E-state index contributed by atoms with van der Waals surface area (Å²) in [5, 5.41) is 28.5. The third kappa shape index (κ3) is 1.77. The minimum absolute atomic E-state index is 0.0242. The smallest absolute Gasteiger partial charge is 0.128 e. The molecule has 2 rings (SSSR count). The summed E-state index contributed by atoms with van der Waals surface area (Å²) in [7, 11) is 0. The minimum atomic E-state index is 0.0242. The monoisotopic (exact) mass is 221 g/mol. The third-order valence-corrected chi connectivity index (χ3v) is 2.73. The summed E-state index contributed by atoms with van der Waals surface area (Å²) < 4.78 is 1.89. The van der Waals surface area contributed by atoms with E-state index in [1.807, 2.05) is 29.0 Å². The van der Waals surface area contributed by atoms with Gasteiger partial charge in [0.15, 0.2) is 0 Å². The van der Waals surface area contributed by atoms with Gasteiger partial charge in [-0.3, -0.25) is 0 Å². The normalized spacial score (nSPS) is 11.1. The summed E-state index contributed by atoms with van der Waals surface area (Å²) in [5.41, 5.74) is 1.64. The van der Waals surface area contributed by atoms with Crippen molar-refractivity contribution >= 4 is 10.9 Å². The number of nitrogens with zero attached hydrogens (tertiary/aromatic N) is 1. The number of aliphatic hydroxyl groups excluding tert-OH is 2. The molecule has 0 amide bonds. The fraction of sp³-hybridized carbons (Fsp3) is 0.333. The molecule has 1 aromatic heterocycles. The molecule has 16 heavy (non-hydrogen) atoms. The Balaban J connectivity index is 2.50. The van der Waals surface area contributed by atoms with Crippen LogP contribution in [0.5, 0.6) is 5.75 Å². The van der Waals surface area contributed by atoms with Gasteiger partial charge in [0.05, 0.1) is 12.1 Å². The van der Waals surface area contributed by atoms with Crippen molar-refractivity contribution in [2.45, 2.75) is 13.0 Å². The first kappa shape index (κ1) is 11.0. The fourth-order valence-electron chi connectivity index (χ4n) is 1.93. The topological polar surface area (TPSA) is 65.6 Å². The largest absolute Gasteiger partial charge is 0.507 e. The van der Waals surface area contributed by atoms with Crippen molar-refractivity contribution in [1.29, 1.82) is 0 Å². The van der Waals surface area contributed by atoms with Crippen molar-refractivity contribution in [1.82, 2.24) is 4.57 Å². The highest BCUT2D eigenvalue weighted by atomic mass is 16.3. The molecule has 0 aliphatic rings. The number of aromatic hydroxyl groups is 1. The van der Waals surface area contributed by atoms with E-state index in [-0.39, 0.29) is 19.0 Å². The number of aromatic nitrogens is 1. The van der Waals surface area contributed by atoms with Crippen molar-refractivity contribution in [2.75, 3.05) is 13.2 Å². The lowest BCUT2D eigenvalue weighted by Crippen LogP contribution is -2.00. The Morgan fingerprint density at radius 2 is 1.88 bits per heavy atom. The molecule has 0 saturated carbocycles. The molecule has 0 aliphatic carbocycles. The molecule has 1 heterocycles. The van der Waals surface area contributed by atoms with Crippen LogP contribution in [0.1, 0.15) is 5.56 Å². The molecule has 2 aromatic rings. The zero-order chi connectivity index (χ0) is 11.5. The Labute approximate surface area is 93.4 Å². The maximum Gasteiger partial charge on any atom is 0.128 e. The van der Waals surface area contributed by atoms with Crippen molar-refractivity contribution in [3.63, 3.8) is 0 Å². The molecule has 0 unspecified atom stereocenters. The SMILES string of the molecule is OCCc1ccc2c(ccn2CCO)c1O. The van der Waals surface area contributed by atoms with Crippen molar-refractivity contribution < 1.29 is 15.3 Å². The molecule has 0 saturated heterocycles. The molecule has 0 fully saturated rings. The van der Waals surface area contributed by atoms with Crippen molar-refractivity contribution in [2.24, 2.45) is 0 Å². The zero-order valence-corrected chi connectivity index (χ0v) is 8.93. The average molecular weight is 221 g/mol. The van der Waals surface area contributed by atoms with Crippen LogP contribution in [0.25, 0.3) is 10.9 Å². The van der Waals surface area contributed by atoms with Crippen LogP contribution in [-0.2, 0) is 13.0 Å². The van der Waals surface area contributed by atoms with Gasteiger partial charge in [-0.05, 0) is 24.1 Å². The van der Waals surface area contributed by atoms with E-state index < -0.39 is 0 Å². The van der Waals surface area contributed by atoms with Gasteiger partial charge in [0.25, 0.3) is 0 Å². The molecule has 0 atom stereocenters. The summed E-state index contributed by atoms with van der Waals surface area (Å²) in [6.45, 7) is 0.613. The van der Waals surface area contributed by atoms with Gasteiger partial charge >= 0.3 is 0 Å². The Hall–Kier alpha value is -1.52. The minimum Gasteiger partial charge on any atom is -0.507 e. The van der Waals surface area contributed by atoms with E-state index >= 15 is 0 Å². The molecule has 0 radical (unpaired) electrons. The molecule has 3 N–H and O–H groups in total. The lowest BCUT2D eigenvalue weighted by atomic mass is 10.1. The van der Waals surface area contributed by atoms with E-state index in [9.17, 15) is 5.11 Å². The fourth-order valence-corrected chi connectivity index (χ4v) is 1.93. The number of hydrogen-bond acceptors (Lipinski definition) is 3. The van der Waals surface area contributed by atoms with Crippen LogP contribution in [0.2, 0.25) is 0 Å². The second kappa shape index (κ2) is 4.55. The van der Waals surface area contributed by atoms with Crippen LogP contribution < -0.4 is 0 Å². The first-order valence-corrected chi connectivity index (χ1v) is 5.29. The van der Waals surface area contributed by atoms with Crippen LogP contribution >= 0.6 is 0 Å². The van der Waals surface area contributed by atoms with E-state index in [2.05, 4.69) is 0 Å². The quantitative estimate of drug-likeness (QED) is 0.718. The highest BCUT2D eigenvalue weighted by Crippen LogP contribution is 2.29. The van der Waals surface area contributed by atoms with Gasteiger partial charge in [-0.15, -0.1) is 0 Å². The molecule has 0 bridgehead atoms. The van der Waals surface area contributed by atoms with Gasteiger partial charge in [0, 0.05) is 24.7 Å². The number of hydrogen-bond donors (Lipinski definition) is 3. The van der Waals surface area contributed by atoms with Crippen molar-refractivity contribution in [3.05, 3.63) is 30.0 Å². The number of phenols is 1. The highest BCUT2D eigenvalue weighted by Gasteiger charge is 2.08. The number of benzene rings is 1. The van der Waals surface area contributed by atoms with Gasteiger partial charge in [0.2, 0.25) is 0 Å².